The van der Waals surface area contributed by atoms with Gasteiger partial charge in [0.1, 0.15) is 12.4 Å². The molecular formula is C20H18FN3O4S. The summed E-state index contributed by atoms with van der Waals surface area (Å²) in [6.45, 7) is 3.13. The van der Waals surface area contributed by atoms with Crippen molar-refractivity contribution in [1.82, 2.24) is 9.13 Å². The maximum atomic E-state index is 13.6. The van der Waals surface area contributed by atoms with Crippen molar-refractivity contribution in [3.63, 3.8) is 0 Å². The first-order valence-electron chi connectivity index (χ1n) is 9.09. The Bertz CT molecular complexity index is 1310. The number of rotatable bonds is 6. The van der Waals surface area contributed by atoms with Crippen LogP contribution in [-0.2, 0) is 22.6 Å². The third-order valence-corrected chi connectivity index (χ3v) is 5.44. The highest BCUT2D eigenvalue weighted by atomic mass is 32.1. The molecule has 0 saturated heterocycles. The summed E-state index contributed by atoms with van der Waals surface area (Å²) in [6, 6.07) is 11.3. The van der Waals surface area contributed by atoms with Crippen molar-refractivity contribution in [2.24, 2.45) is 4.99 Å². The number of hydrogen-bond acceptors (Lipinski definition) is 5. The van der Waals surface area contributed by atoms with Crippen LogP contribution in [0.2, 0.25) is 0 Å². The highest BCUT2D eigenvalue weighted by Crippen LogP contribution is 2.19. The quantitative estimate of drug-likeness (QED) is 0.454. The predicted octanol–water partition coefficient (Wildman–Crippen LogP) is 2.91. The summed E-state index contributed by atoms with van der Waals surface area (Å²) in [5, 5.41) is 0. The second-order valence-electron chi connectivity index (χ2n) is 6.27. The summed E-state index contributed by atoms with van der Waals surface area (Å²) >= 11 is 1.21. The zero-order chi connectivity index (χ0) is 20.4. The molecule has 0 fully saturated rings. The van der Waals surface area contributed by atoms with Gasteiger partial charge in [0.25, 0.3) is 5.91 Å². The number of nitrogens with zero attached hydrogens (tertiary/aromatic N) is 3. The maximum absolute atomic E-state index is 13.6. The summed E-state index contributed by atoms with van der Waals surface area (Å²) in [6.07, 6.45) is 0. The van der Waals surface area contributed by atoms with Crippen LogP contribution in [0.15, 0.2) is 56.7 Å². The summed E-state index contributed by atoms with van der Waals surface area (Å²) in [5.74, 6) is -1.47. The lowest BCUT2D eigenvalue weighted by molar-refractivity contribution is -0.118. The van der Waals surface area contributed by atoms with Crippen LogP contribution in [0.25, 0.3) is 21.3 Å². The smallest absolute Gasteiger partial charge is 0.408 e. The van der Waals surface area contributed by atoms with E-state index in [1.165, 1.54) is 28.0 Å². The molecule has 29 heavy (non-hydrogen) atoms. The molecule has 0 spiro atoms. The van der Waals surface area contributed by atoms with Gasteiger partial charge < -0.3 is 13.7 Å². The summed E-state index contributed by atoms with van der Waals surface area (Å²) in [7, 11) is 0. The molecule has 4 aromatic rings. The molecule has 0 saturated carbocycles. The molecule has 0 atom stereocenters. The first kappa shape index (κ1) is 19.3. The Morgan fingerprint density at radius 1 is 1.21 bits per heavy atom. The topological polar surface area (TPSA) is 78.7 Å². The van der Waals surface area contributed by atoms with Crippen LogP contribution in [0, 0.1) is 5.82 Å². The zero-order valence-corrected chi connectivity index (χ0v) is 16.4. The molecule has 0 unspecified atom stereocenters. The van der Waals surface area contributed by atoms with Crippen LogP contribution < -0.4 is 10.6 Å². The van der Waals surface area contributed by atoms with E-state index < -0.39 is 11.7 Å². The lowest BCUT2D eigenvalue weighted by atomic mass is 10.3. The molecule has 0 N–H and O–H groups in total. The molecule has 7 nitrogen and oxygen atoms in total. The molecule has 0 aliphatic rings. The Morgan fingerprint density at radius 2 is 2.03 bits per heavy atom. The molecule has 150 valence electrons. The van der Waals surface area contributed by atoms with E-state index in [1.807, 2.05) is 11.5 Å². The number of oxazole rings is 1. The van der Waals surface area contributed by atoms with Crippen molar-refractivity contribution in [2.75, 3.05) is 13.2 Å². The maximum Gasteiger partial charge on any atom is 0.420 e. The number of para-hydroxylation sites is 2. The van der Waals surface area contributed by atoms with Crippen molar-refractivity contribution in [3.05, 3.63) is 63.6 Å². The highest BCUT2D eigenvalue weighted by Gasteiger charge is 2.13. The van der Waals surface area contributed by atoms with Gasteiger partial charge in [-0.3, -0.25) is 9.36 Å². The Labute approximate surface area is 168 Å². The van der Waals surface area contributed by atoms with Crippen LogP contribution in [0.4, 0.5) is 4.39 Å². The molecule has 2 aromatic heterocycles. The minimum atomic E-state index is -0.614. The number of hydrogen-bond donors (Lipinski definition) is 0. The highest BCUT2D eigenvalue weighted by molar-refractivity contribution is 7.16. The fourth-order valence-corrected chi connectivity index (χ4v) is 4.19. The SMILES string of the molecule is CCOCCn1c(=NC(=O)Cn2c(=O)oc3ccccc32)sc2cc(F)ccc21. The molecule has 0 bridgehead atoms. The number of halogens is 1. The monoisotopic (exact) mass is 415 g/mol. The average molecular weight is 415 g/mol. The standard InChI is InChI=1S/C20H18FN3O4S/c1-2-27-10-9-23-15-8-7-13(21)11-17(15)29-19(23)22-18(25)12-24-14-5-3-4-6-16(14)28-20(24)26/h3-8,11H,2,9-10,12H2,1H3. The molecule has 2 heterocycles. The predicted molar refractivity (Wildman–Crippen MR) is 107 cm³/mol. The van der Waals surface area contributed by atoms with Crippen LogP contribution in [-0.4, -0.2) is 28.3 Å². The number of carbonyl (C=O) groups is 1. The lowest BCUT2D eigenvalue weighted by Gasteiger charge is -2.05. The van der Waals surface area contributed by atoms with Crippen molar-refractivity contribution >= 4 is 38.6 Å². The first-order chi connectivity index (χ1) is 14.1. The first-order valence-corrected chi connectivity index (χ1v) is 9.91. The van der Waals surface area contributed by atoms with E-state index in [1.54, 1.807) is 30.3 Å². The van der Waals surface area contributed by atoms with Gasteiger partial charge in [-0.2, -0.15) is 4.99 Å². The Balaban J connectivity index is 1.72. The number of ether oxygens (including phenoxy) is 1. The summed E-state index contributed by atoms with van der Waals surface area (Å²) in [4.78, 5) is 29.3. The Kier molecular flexibility index (Phi) is 5.41. The minimum absolute atomic E-state index is 0.246. The molecule has 0 aliphatic heterocycles. The number of benzene rings is 2. The number of amides is 1. The number of fused-ring (bicyclic) bond motifs is 2. The number of thiazole rings is 1. The van der Waals surface area contributed by atoms with Gasteiger partial charge in [0.15, 0.2) is 10.4 Å². The Hall–Kier alpha value is -3.04. The van der Waals surface area contributed by atoms with Gasteiger partial charge in [-0.05, 0) is 37.3 Å². The third kappa shape index (κ3) is 3.92. The van der Waals surface area contributed by atoms with Gasteiger partial charge in [-0.1, -0.05) is 23.5 Å². The lowest BCUT2D eigenvalue weighted by Crippen LogP contribution is -2.23. The average Bonchev–Trinajstić information content (AvgIpc) is 3.19. The van der Waals surface area contributed by atoms with Crippen molar-refractivity contribution in [1.29, 1.82) is 0 Å². The molecule has 2 aromatic carbocycles. The third-order valence-electron chi connectivity index (χ3n) is 4.40. The van der Waals surface area contributed by atoms with Crippen LogP contribution in [0.5, 0.6) is 0 Å². The summed E-state index contributed by atoms with van der Waals surface area (Å²) < 4.78 is 27.9. The molecule has 9 heteroatoms. The normalized spacial score (nSPS) is 12.3. The molecule has 1 amide bonds. The van der Waals surface area contributed by atoms with Gasteiger partial charge in [-0.15, -0.1) is 0 Å². The largest absolute Gasteiger partial charge is 0.420 e. The van der Waals surface area contributed by atoms with E-state index in [4.69, 9.17) is 9.15 Å². The van der Waals surface area contributed by atoms with Crippen molar-refractivity contribution in [3.8, 4) is 0 Å². The summed E-state index contributed by atoms with van der Waals surface area (Å²) in [5.41, 5.74) is 1.71. The second kappa shape index (κ2) is 8.14. The number of aromatic nitrogens is 2. The molecule has 0 radical (unpaired) electrons. The van der Waals surface area contributed by atoms with E-state index >= 15 is 0 Å². The van der Waals surface area contributed by atoms with E-state index in [2.05, 4.69) is 4.99 Å². The van der Waals surface area contributed by atoms with Crippen LogP contribution in [0.1, 0.15) is 6.92 Å². The van der Waals surface area contributed by atoms with E-state index in [0.29, 0.717) is 40.4 Å². The molecular weight excluding hydrogens is 397 g/mol. The molecule has 4 rings (SSSR count). The van der Waals surface area contributed by atoms with Gasteiger partial charge in [0.05, 0.1) is 22.3 Å². The van der Waals surface area contributed by atoms with Crippen molar-refractivity contribution < 1.29 is 18.3 Å². The van der Waals surface area contributed by atoms with Gasteiger partial charge in [0, 0.05) is 13.2 Å². The van der Waals surface area contributed by atoms with E-state index in [0.717, 1.165) is 5.52 Å². The fraction of sp³-hybridized carbons (Fsp3) is 0.250. The van der Waals surface area contributed by atoms with Gasteiger partial charge in [-0.25, -0.2) is 9.18 Å². The van der Waals surface area contributed by atoms with Crippen molar-refractivity contribution in [2.45, 2.75) is 20.0 Å². The van der Waals surface area contributed by atoms with E-state index in [9.17, 15) is 14.0 Å². The van der Waals surface area contributed by atoms with Gasteiger partial charge in [0.2, 0.25) is 0 Å². The fourth-order valence-electron chi connectivity index (χ4n) is 3.09. The molecule has 0 aliphatic carbocycles. The van der Waals surface area contributed by atoms with Crippen LogP contribution >= 0.6 is 11.3 Å². The minimum Gasteiger partial charge on any atom is -0.408 e. The number of carbonyl (C=O) groups excluding carboxylic acids is 1. The zero-order valence-electron chi connectivity index (χ0n) is 15.6. The van der Waals surface area contributed by atoms with Gasteiger partial charge >= 0.3 is 5.76 Å². The van der Waals surface area contributed by atoms with Crippen LogP contribution in [0.3, 0.4) is 0 Å². The second-order valence-corrected chi connectivity index (χ2v) is 7.28. The Morgan fingerprint density at radius 3 is 2.86 bits per heavy atom. The van der Waals surface area contributed by atoms with E-state index in [-0.39, 0.29) is 12.4 Å².